The molecule has 1 aromatic heterocycles. The minimum Gasteiger partial charge on any atom is -0.366 e. The van der Waals surface area contributed by atoms with Crippen LogP contribution in [0.3, 0.4) is 0 Å². The maximum Gasteiger partial charge on any atom is 0.0602 e. The molecule has 0 aliphatic rings. The summed E-state index contributed by atoms with van der Waals surface area (Å²) in [7, 11) is 0. The number of hydrogen-bond donors (Lipinski definition) is 1. The predicted octanol–water partition coefficient (Wildman–Crippen LogP) is 3.61. The predicted molar refractivity (Wildman–Crippen MR) is 89.4 cm³/mol. The molecule has 112 valence electrons. The molecule has 21 heavy (non-hydrogen) atoms. The van der Waals surface area contributed by atoms with E-state index in [2.05, 4.69) is 73.5 Å². The van der Waals surface area contributed by atoms with Gasteiger partial charge in [0.05, 0.1) is 17.9 Å². The third-order valence-electron chi connectivity index (χ3n) is 3.41. The highest BCUT2D eigenvalue weighted by molar-refractivity contribution is 5.46. The summed E-state index contributed by atoms with van der Waals surface area (Å²) >= 11 is 0. The summed E-state index contributed by atoms with van der Waals surface area (Å²) in [4.78, 5) is 7.09. The maximum atomic E-state index is 4.75. The Kier molecular flexibility index (Phi) is 5.76. The lowest BCUT2D eigenvalue weighted by molar-refractivity contribution is 0.580. The number of pyridine rings is 1. The van der Waals surface area contributed by atoms with Gasteiger partial charge in [0.1, 0.15) is 0 Å². The molecular weight excluding hydrogens is 258 g/mol. The van der Waals surface area contributed by atoms with Crippen LogP contribution in [0.4, 0.5) is 5.69 Å². The number of nitrogens with zero attached hydrogens (tertiary/aromatic N) is 2. The standard InChI is InChI=1S/C18H25N3/c1-4-21(18-11-6-5-7-12-18)14-17-10-8-9-16(20-17)13-19-15(2)3/h5-12,15,19H,4,13-14H2,1-3H3. The third kappa shape index (κ3) is 4.87. The summed E-state index contributed by atoms with van der Waals surface area (Å²) in [5, 5.41) is 3.41. The summed E-state index contributed by atoms with van der Waals surface area (Å²) in [5.74, 6) is 0. The van der Waals surface area contributed by atoms with Crippen LogP contribution in [-0.4, -0.2) is 17.6 Å². The Labute approximate surface area is 128 Å². The van der Waals surface area contributed by atoms with Crippen LogP contribution in [0, 0.1) is 0 Å². The molecule has 0 fully saturated rings. The second kappa shape index (κ2) is 7.79. The van der Waals surface area contributed by atoms with Gasteiger partial charge in [-0.1, -0.05) is 38.1 Å². The van der Waals surface area contributed by atoms with Gasteiger partial charge >= 0.3 is 0 Å². The van der Waals surface area contributed by atoms with Gasteiger partial charge in [-0.2, -0.15) is 0 Å². The molecule has 3 nitrogen and oxygen atoms in total. The van der Waals surface area contributed by atoms with E-state index in [0.717, 1.165) is 31.0 Å². The van der Waals surface area contributed by atoms with Crippen molar-refractivity contribution in [1.82, 2.24) is 10.3 Å². The van der Waals surface area contributed by atoms with E-state index in [4.69, 9.17) is 4.98 Å². The minimum atomic E-state index is 0.479. The highest BCUT2D eigenvalue weighted by Crippen LogP contribution is 2.15. The Morgan fingerprint density at radius 1 is 1.00 bits per heavy atom. The van der Waals surface area contributed by atoms with E-state index in [9.17, 15) is 0 Å². The largest absolute Gasteiger partial charge is 0.366 e. The van der Waals surface area contributed by atoms with Crippen molar-refractivity contribution >= 4 is 5.69 Å². The Morgan fingerprint density at radius 3 is 2.38 bits per heavy atom. The number of rotatable bonds is 7. The average Bonchev–Trinajstić information content (AvgIpc) is 2.52. The normalized spacial score (nSPS) is 10.9. The fraction of sp³-hybridized carbons (Fsp3) is 0.389. The summed E-state index contributed by atoms with van der Waals surface area (Å²) < 4.78 is 0. The first-order valence-electron chi connectivity index (χ1n) is 7.67. The van der Waals surface area contributed by atoms with E-state index < -0.39 is 0 Å². The third-order valence-corrected chi connectivity index (χ3v) is 3.41. The lowest BCUT2D eigenvalue weighted by Crippen LogP contribution is -2.24. The van der Waals surface area contributed by atoms with Crippen LogP contribution in [0.2, 0.25) is 0 Å². The fourth-order valence-corrected chi connectivity index (χ4v) is 2.24. The number of benzene rings is 1. The van der Waals surface area contributed by atoms with Crippen LogP contribution >= 0.6 is 0 Å². The molecule has 1 heterocycles. The van der Waals surface area contributed by atoms with E-state index in [1.165, 1.54) is 5.69 Å². The van der Waals surface area contributed by atoms with Crippen molar-refractivity contribution in [3.05, 3.63) is 59.9 Å². The molecule has 2 rings (SSSR count). The van der Waals surface area contributed by atoms with E-state index in [1.807, 2.05) is 6.07 Å². The molecule has 0 bridgehead atoms. The average molecular weight is 283 g/mol. The lowest BCUT2D eigenvalue weighted by Gasteiger charge is -2.23. The molecule has 1 N–H and O–H groups in total. The highest BCUT2D eigenvalue weighted by atomic mass is 15.1. The van der Waals surface area contributed by atoms with Crippen LogP contribution < -0.4 is 10.2 Å². The summed E-state index contributed by atoms with van der Waals surface area (Å²) in [6.45, 7) is 9.12. The highest BCUT2D eigenvalue weighted by Gasteiger charge is 2.06. The number of hydrogen-bond acceptors (Lipinski definition) is 3. The van der Waals surface area contributed by atoms with Gasteiger partial charge in [0.25, 0.3) is 0 Å². The Balaban J connectivity index is 2.06. The first kappa shape index (κ1) is 15.5. The van der Waals surface area contributed by atoms with Crippen LogP contribution in [0.1, 0.15) is 32.2 Å². The first-order chi connectivity index (χ1) is 10.2. The number of nitrogens with one attached hydrogen (secondary N) is 1. The van der Waals surface area contributed by atoms with Crippen LogP contribution in [-0.2, 0) is 13.1 Å². The fourth-order valence-electron chi connectivity index (χ4n) is 2.24. The van der Waals surface area contributed by atoms with Gasteiger partial charge in [-0.05, 0) is 31.2 Å². The zero-order valence-electron chi connectivity index (χ0n) is 13.2. The van der Waals surface area contributed by atoms with Gasteiger partial charge in [0, 0.05) is 24.8 Å². The summed E-state index contributed by atoms with van der Waals surface area (Å²) in [6.07, 6.45) is 0. The zero-order chi connectivity index (χ0) is 15.1. The Morgan fingerprint density at radius 2 is 1.71 bits per heavy atom. The maximum absolute atomic E-state index is 4.75. The molecule has 0 atom stereocenters. The summed E-state index contributed by atoms with van der Waals surface area (Å²) in [6, 6.07) is 17.3. The number of para-hydroxylation sites is 1. The Hall–Kier alpha value is -1.87. The molecule has 0 saturated carbocycles. The number of aromatic nitrogens is 1. The monoisotopic (exact) mass is 283 g/mol. The molecule has 0 amide bonds. The molecule has 0 saturated heterocycles. The topological polar surface area (TPSA) is 28.2 Å². The van der Waals surface area contributed by atoms with Crippen LogP contribution in [0.25, 0.3) is 0 Å². The smallest absolute Gasteiger partial charge is 0.0602 e. The van der Waals surface area contributed by atoms with Gasteiger partial charge < -0.3 is 10.2 Å². The molecule has 0 aliphatic heterocycles. The second-order valence-corrected chi connectivity index (χ2v) is 5.51. The van der Waals surface area contributed by atoms with Crippen LogP contribution in [0.15, 0.2) is 48.5 Å². The van der Waals surface area contributed by atoms with Crippen molar-refractivity contribution in [3.63, 3.8) is 0 Å². The quantitative estimate of drug-likeness (QED) is 0.841. The molecule has 0 aliphatic carbocycles. The lowest BCUT2D eigenvalue weighted by atomic mass is 10.2. The van der Waals surface area contributed by atoms with Gasteiger partial charge in [0.15, 0.2) is 0 Å². The number of anilines is 1. The van der Waals surface area contributed by atoms with Crippen LogP contribution in [0.5, 0.6) is 0 Å². The minimum absolute atomic E-state index is 0.479. The van der Waals surface area contributed by atoms with Gasteiger partial charge in [-0.15, -0.1) is 0 Å². The van der Waals surface area contributed by atoms with E-state index in [0.29, 0.717) is 6.04 Å². The molecule has 0 unspecified atom stereocenters. The van der Waals surface area contributed by atoms with Crippen molar-refractivity contribution in [2.45, 2.75) is 39.9 Å². The van der Waals surface area contributed by atoms with Gasteiger partial charge in [0.2, 0.25) is 0 Å². The molecule has 1 aromatic carbocycles. The molecular formula is C18H25N3. The molecule has 0 spiro atoms. The summed E-state index contributed by atoms with van der Waals surface area (Å²) in [5.41, 5.74) is 3.46. The SMILES string of the molecule is CCN(Cc1cccc(CNC(C)C)n1)c1ccccc1. The van der Waals surface area contributed by atoms with Crippen molar-refractivity contribution in [2.75, 3.05) is 11.4 Å². The van der Waals surface area contributed by atoms with Crippen molar-refractivity contribution in [2.24, 2.45) is 0 Å². The molecule has 0 radical (unpaired) electrons. The zero-order valence-corrected chi connectivity index (χ0v) is 13.2. The van der Waals surface area contributed by atoms with Crippen molar-refractivity contribution in [3.8, 4) is 0 Å². The van der Waals surface area contributed by atoms with Crippen molar-refractivity contribution in [1.29, 1.82) is 0 Å². The van der Waals surface area contributed by atoms with Gasteiger partial charge in [-0.3, -0.25) is 4.98 Å². The first-order valence-corrected chi connectivity index (χ1v) is 7.67. The van der Waals surface area contributed by atoms with E-state index >= 15 is 0 Å². The molecule has 2 aromatic rings. The van der Waals surface area contributed by atoms with Crippen molar-refractivity contribution < 1.29 is 0 Å². The molecule has 3 heteroatoms. The van der Waals surface area contributed by atoms with E-state index in [1.54, 1.807) is 0 Å². The second-order valence-electron chi connectivity index (χ2n) is 5.51. The van der Waals surface area contributed by atoms with Gasteiger partial charge in [-0.25, -0.2) is 0 Å². The van der Waals surface area contributed by atoms with E-state index in [-0.39, 0.29) is 0 Å². The Bertz CT molecular complexity index is 537.